The van der Waals surface area contributed by atoms with Crippen molar-refractivity contribution in [3.63, 3.8) is 0 Å². The van der Waals surface area contributed by atoms with E-state index >= 15 is 0 Å². The van der Waals surface area contributed by atoms with Crippen molar-refractivity contribution in [1.82, 2.24) is 4.76 Å². The molecule has 0 N–H and O–H groups in total. The number of nitrogens with zero attached hydrogens (tertiary/aromatic N) is 1. The van der Waals surface area contributed by atoms with E-state index in [1.807, 2.05) is 0 Å². The van der Waals surface area contributed by atoms with Gasteiger partial charge in [0.05, 0.1) is 28.0 Å². The molecule has 0 atom stereocenters. The standard InChI is InChI=1S/C13H6F2NO2/c14-7-1-3-9-11(5-7)16(18)12-6-8(15)2-4-10(12)13(9)17/h1-6H/q+1. The highest BCUT2D eigenvalue weighted by Crippen LogP contribution is 2.35. The van der Waals surface area contributed by atoms with Gasteiger partial charge in [-0.05, 0) is 24.3 Å². The van der Waals surface area contributed by atoms with Crippen LogP contribution in [0.3, 0.4) is 0 Å². The van der Waals surface area contributed by atoms with Gasteiger partial charge in [-0.15, -0.1) is 0 Å². The fourth-order valence-corrected chi connectivity index (χ4v) is 2.00. The number of benzene rings is 2. The molecule has 3 nitrogen and oxygen atoms in total. The summed E-state index contributed by atoms with van der Waals surface area (Å²) < 4.78 is 26.6. The molecule has 0 radical (unpaired) electrons. The monoisotopic (exact) mass is 246 g/mol. The van der Waals surface area contributed by atoms with Crippen LogP contribution in [0.5, 0.6) is 0 Å². The van der Waals surface area contributed by atoms with E-state index in [0.29, 0.717) is 4.76 Å². The molecule has 18 heavy (non-hydrogen) atoms. The molecule has 3 rings (SSSR count). The van der Waals surface area contributed by atoms with Gasteiger partial charge in [0.25, 0.3) is 11.4 Å². The maximum atomic E-state index is 13.1. The van der Waals surface area contributed by atoms with Gasteiger partial charge >= 0.3 is 0 Å². The van der Waals surface area contributed by atoms with E-state index in [0.717, 1.165) is 24.3 Å². The summed E-state index contributed by atoms with van der Waals surface area (Å²) in [6.07, 6.45) is 0. The third-order valence-corrected chi connectivity index (χ3v) is 2.85. The van der Waals surface area contributed by atoms with Crippen LogP contribution in [-0.2, 0) is 0 Å². The molecule has 0 spiro atoms. The highest BCUT2D eigenvalue weighted by molar-refractivity contribution is 6.17. The van der Waals surface area contributed by atoms with Crippen LogP contribution in [0, 0.1) is 16.5 Å². The zero-order chi connectivity index (χ0) is 12.9. The van der Waals surface area contributed by atoms with E-state index in [1.165, 1.54) is 12.1 Å². The number of hydrogen-bond acceptors (Lipinski definition) is 2. The molecule has 1 aliphatic rings. The molecule has 0 saturated carbocycles. The van der Waals surface area contributed by atoms with Gasteiger partial charge in [-0.3, -0.25) is 4.79 Å². The first kappa shape index (κ1) is 10.7. The van der Waals surface area contributed by atoms with E-state index in [1.54, 1.807) is 0 Å². The second-order valence-electron chi connectivity index (χ2n) is 3.95. The molecule has 1 aliphatic heterocycles. The SMILES string of the molecule is O=C1c2ccc(F)cc2[N+](=O)c2cc(F)ccc21. The van der Waals surface area contributed by atoms with Gasteiger partial charge in [-0.2, -0.15) is 0 Å². The molecule has 0 aliphatic carbocycles. The zero-order valence-electron chi connectivity index (χ0n) is 8.98. The number of carbonyl (C=O) groups is 1. The van der Waals surface area contributed by atoms with Gasteiger partial charge in [0, 0.05) is 4.91 Å². The van der Waals surface area contributed by atoms with Crippen LogP contribution >= 0.6 is 0 Å². The van der Waals surface area contributed by atoms with Gasteiger partial charge < -0.3 is 0 Å². The summed E-state index contributed by atoms with van der Waals surface area (Å²) >= 11 is 0. The zero-order valence-corrected chi connectivity index (χ0v) is 8.98. The highest BCUT2D eigenvalue weighted by atomic mass is 19.1. The Bertz CT molecular complexity index is 653. The molecule has 1 heterocycles. The molecule has 0 fully saturated rings. The van der Waals surface area contributed by atoms with E-state index in [4.69, 9.17) is 0 Å². The largest absolute Gasteiger partial charge is 0.288 e. The van der Waals surface area contributed by atoms with Gasteiger partial charge in [0.15, 0.2) is 0 Å². The Morgan fingerprint density at radius 2 is 1.28 bits per heavy atom. The summed E-state index contributed by atoms with van der Waals surface area (Å²) in [5, 5.41) is 0. The lowest BCUT2D eigenvalue weighted by Crippen LogP contribution is -2.17. The highest BCUT2D eigenvalue weighted by Gasteiger charge is 2.37. The van der Waals surface area contributed by atoms with Crippen LogP contribution in [-0.4, -0.2) is 5.78 Å². The van der Waals surface area contributed by atoms with Crippen molar-refractivity contribution in [3.8, 4) is 0 Å². The Morgan fingerprint density at radius 1 is 0.833 bits per heavy atom. The Labute approximate surface area is 100 Å². The van der Waals surface area contributed by atoms with Crippen LogP contribution in [0.1, 0.15) is 15.9 Å². The fraction of sp³-hybridized carbons (Fsp3) is 0. The van der Waals surface area contributed by atoms with Crippen LogP contribution in [0.4, 0.5) is 20.2 Å². The van der Waals surface area contributed by atoms with Crippen molar-refractivity contribution >= 4 is 17.2 Å². The lowest BCUT2D eigenvalue weighted by molar-refractivity contribution is 0.103. The molecule has 5 heteroatoms. The van der Waals surface area contributed by atoms with Crippen molar-refractivity contribution in [2.24, 2.45) is 0 Å². The van der Waals surface area contributed by atoms with Crippen LogP contribution in [0.25, 0.3) is 0 Å². The Balaban J connectivity index is 2.32. The third kappa shape index (κ3) is 1.37. The lowest BCUT2D eigenvalue weighted by atomic mass is 9.96. The number of fused-ring (bicyclic) bond motifs is 2. The van der Waals surface area contributed by atoms with E-state index < -0.39 is 17.4 Å². The maximum absolute atomic E-state index is 13.1. The predicted molar refractivity (Wildman–Crippen MR) is 61.1 cm³/mol. The second kappa shape index (κ2) is 3.53. The van der Waals surface area contributed by atoms with Crippen LogP contribution in [0.2, 0.25) is 0 Å². The molecule has 2 aromatic rings. The minimum atomic E-state index is -0.623. The number of ketones is 1. The van der Waals surface area contributed by atoms with Gasteiger partial charge in [-0.25, -0.2) is 8.78 Å². The Morgan fingerprint density at radius 3 is 1.72 bits per heavy atom. The average molecular weight is 246 g/mol. The molecule has 0 bridgehead atoms. The van der Waals surface area contributed by atoms with Crippen molar-refractivity contribution in [2.75, 3.05) is 0 Å². The predicted octanol–water partition coefficient (Wildman–Crippen LogP) is 3.11. The fourth-order valence-electron chi connectivity index (χ4n) is 2.00. The van der Waals surface area contributed by atoms with Crippen LogP contribution < -0.4 is 4.76 Å². The van der Waals surface area contributed by atoms with Crippen molar-refractivity contribution in [3.05, 3.63) is 64.1 Å². The maximum Gasteiger partial charge on any atom is 0.277 e. The normalized spacial score (nSPS) is 13.2. The summed E-state index contributed by atoms with van der Waals surface area (Å²) in [4.78, 5) is 24.1. The first-order valence-electron chi connectivity index (χ1n) is 5.19. The Kier molecular flexibility index (Phi) is 2.10. The molecule has 0 aromatic heterocycles. The first-order valence-corrected chi connectivity index (χ1v) is 5.19. The quantitative estimate of drug-likeness (QED) is 0.571. The summed E-state index contributed by atoms with van der Waals surface area (Å²) in [5.74, 6) is -1.66. The van der Waals surface area contributed by atoms with Crippen molar-refractivity contribution in [1.29, 1.82) is 0 Å². The summed E-state index contributed by atoms with van der Waals surface area (Å²) in [6.45, 7) is 0. The number of carbonyl (C=O) groups excluding carboxylic acids is 1. The second-order valence-corrected chi connectivity index (χ2v) is 3.95. The topological polar surface area (TPSA) is 37.1 Å². The van der Waals surface area contributed by atoms with Gasteiger partial charge in [0.2, 0.25) is 5.78 Å². The molecule has 0 unspecified atom stereocenters. The van der Waals surface area contributed by atoms with Gasteiger partial charge in [0.1, 0.15) is 11.6 Å². The average Bonchev–Trinajstić information content (AvgIpc) is 2.35. The molecule has 2 aromatic carbocycles. The van der Waals surface area contributed by atoms with Crippen LogP contribution in [0.15, 0.2) is 36.4 Å². The molecule has 0 saturated heterocycles. The number of nitroso groups, excluding NO2 is 1. The molecular weight excluding hydrogens is 240 g/mol. The smallest absolute Gasteiger partial charge is 0.277 e. The summed E-state index contributed by atoms with van der Waals surface area (Å²) in [5.41, 5.74) is 0.0345. The molecular formula is C13H6F2NO2+. The van der Waals surface area contributed by atoms with E-state index in [2.05, 4.69) is 0 Å². The minimum Gasteiger partial charge on any atom is -0.288 e. The van der Waals surface area contributed by atoms with E-state index in [-0.39, 0.29) is 22.5 Å². The van der Waals surface area contributed by atoms with Crippen molar-refractivity contribution in [2.45, 2.75) is 0 Å². The summed E-state index contributed by atoms with van der Waals surface area (Å²) in [7, 11) is 0. The van der Waals surface area contributed by atoms with Crippen molar-refractivity contribution < 1.29 is 13.6 Å². The molecule has 0 amide bonds. The Hall–Kier alpha value is -2.43. The van der Waals surface area contributed by atoms with E-state index in [9.17, 15) is 18.5 Å². The van der Waals surface area contributed by atoms with Gasteiger partial charge in [-0.1, -0.05) is 0 Å². The minimum absolute atomic E-state index is 0.0990. The number of rotatable bonds is 0. The number of hydrogen-bond donors (Lipinski definition) is 0. The first-order chi connectivity index (χ1) is 8.58. The lowest BCUT2D eigenvalue weighted by Gasteiger charge is -2.09. The third-order valence-electron chi connectivity index (χ3n) is 2.85. The summed E-state index contributed by atoms with van der Waals surface area (Å²) in [6, 6.07) is 6.66. The molecule has 88 valence electrons. The number of halogens is 2.